The summed E-state index contributed by atoms with van der Waals surface area (Å²) in [5.74, 6) is -0.456. The number of hydrogen-bond acceptors (Lipinski definition) is 7. The summed E-state index contributed by atoms with van der Waals surface area (Å²) in [6.07, 6.45) is 0. The quantitative estimate of drug-likeness (QED) is 0.184. The van der Waals surface area contributed by atoms with Crippen molar-refractivity contribution in [1.29, 1.82) is 0 Å². The maximum atomic E-state index is 13.8. The molecule has 0 aromatic heterocycles. The number of sulfonamides is 1. The van der Waals surface area contributed by atoms with Crippen molar-refractivity contribution in [2.45, 2.75) is 17.5 Å². The highest BCUT2D eigenvalue weighted by molar-refractivity contribution is 7.92. The molecule has 4 rings (SSSR count). The van der Waals surface area contributed by atoms with E-state index < -0.39 is 34.4 Å². The van der Waals surface area contributed by atoms with Crippen molar-refractivity contribution in [2.24, 2.45) is 0 Å². The Bertz CT molecular complexity index is 1650. The number of methoxy groups -OCH3 is 2. The van der Waals surface area contributed by atoms with Crippen LogP contribution in [0.25, 0.3) is 0 Å². The third-order valence-corrected chi connectivity index (χ3v) is 8.10. The average molecular weight is 636 g/mol. The SMILES string of the molecule is COCCNC(=O)C(c1ccccc1)N(Cc1ccc(OC)cc1)C(=O)COc1ccc(S(=O)(=O)Nc2ccc(F)cc2)cc1. The minimum Gasteiger partial charge on any atom is -0.497 e. The van der Waals surface area contributed by atoms with Crippen LogP contribution in [0.2, 0.25) is 0 Å². The van der Waals surface area contributed by atoms with Gasteiger partial charge in [-0.25, -0.2) is 12.8 Å². The van der Waals surface area contributed by atoms with Crippen LogP contribution in [0.1, 0.15) is 17.2 Å². The molecule has 4 aromatic carbocycles. The summed E-state index contributed by atoms with van der Waals surface area (Å²) in [6.45, 7) is 0.222. The Labute approximate surface area is 261 Å². The molecule has 0 saturated carbocycles. The number of benzene rings is 4. The summed E-state index contributed by atoms with van der Waals surface area (Å²) >= 11 is 0. The summed E-state index contributed by atoms with van der Waals surface area (Å²) < 4.78 is 57.2. The Balaban J connectivity index is 1.54. The molecule has 0 bridgehead atoms. The second kappa shape index (κ2) is 15.7. The van der Waals surface area contributed by atoms with Gasteiger partial charge in [0.25, 0.3) is 15.9 Å². The number of amides is 2. The fourth-order valence-corrected chi connectivity index (χ4v) is 5.47. The van der Waals surface area contributed by atoms with Gasteiger partial charge in [-0.05, 0) is 71.8 Å². The number of halogens is 1. The van der Waals surface area contributed by atoms with Gasteiger partial charge in [0.2, 0.25) is 5.91 Å². The van der Waals surface area contributed by atoms with Gasteiger partial charge in [0, 0.05) is 25.9 Å². The molecule has 2 amide bonds. The smallest absolute Gasteiger partial charge is 0.261 e. The Hall–Kier alpha value is -4.94. The van der Waals surface area contributed by atoms with Crippen molar-refractivity contribution in [3.8, 4) is 11.5 Å². The number of rotatable bonds is 15. The van der Waals surface area contributed by atoms with E-state index in [9.17, 15) is 22.4 Å². The van der Waals surface area contributed by atoms with Crippen molar-refractivity contribution in [3.05, 3.63) is 120 Å². The zero-order chi connectivity index (χ0) is 32.2. The first-order chi connectivity index (χ1) is 21.7. The van der Waals surface area contributed by atoms with Crippen LogP contribution in [-0.4, -0.2) is 59.1 Å². The first-order valence-electron chi connectivity index (χ1n) is 14.0. The zero-order valence-electron chi connectivity index (χ0n) is 24.8. The Kier molecular flexibility index (Phi) is 11.5. The van der Waals surface area contributed by atoms with E-state index in [1.165, 1.54) is 48.4 Å². The van der Waals surface area contributed by atoms with Gasteiger partial charge < -0.3 is 24.4 Å². The maximum absolute atomic E-state index is 13.8. The van der Waals surface area contributed by atoms with Crippen molar-refractivity contribution in [3.63, 3.8) is 0 Å². The second-order valence-corrected chi connectivity index (χ2v) is 11.5. The number of nitrogens with zero attached hydrogens (tertiary/aromatic N) is 1. The Morgan fingerprint density at radius 3 is 2.11 bits per heavy atom. The molecule has 0 radical (unpaired) electrons. The van der Waals surface area contributed by atoms with E-state index >= 15 is 0 Å². The minimum atomic E-state index is -3.95. The van der Waals surface area contributed by atoms with Crippen molar-refractivity contribution >= 4 is 27.5 Å². The van der Waals surface area contributed by atoms with Crippen LogP contribution in [0.5, 0.6) is 11.5 Å². The summed E-state index contributed by atoms with van der Waals surface area (Å²) in [5, 5.41) is 2.84. The normalized spacial score (nSPS) is 11.7. The first-order valence-corrected chi connectivity index (χ1v) is 15.4. The number of nitrogens with one attached hydrogen (secondary N) is 2. The number of carbonyl (C=O) groups excluding carboxylic acids is 2. The lowest BCUT2D eigenvalue weighted by Gasteiger charge is -2.31. The van der Waals surface area contributed by atoms with Crippen LogP contribution in [0.15, 0.2) is 108 Å². The van der Waals surface area contributed by atoms with Gasteiger partial charge in [0.05, 0.1) is 18.6 Å². The third kappa shape index (κ3) is 9.27. The highest BCUT2D eigenvalue weighted by atomic mass is 32.2. The van der Waals surface area contributed by atoms with Crippen LogP contribution < -0.4 is 19.5 Å². The van der Waals surface area contributed by atoms with E-state index in [-0.39, 0.29) is 35.3 Å². The molecule has 236 valence electrons. The third-order valence-electron chi connectivity index (χ3n) is 6.71. The van der Waals surface area contributed by atoms with E-state index in [1.807, 2.05) is 18.2 Å². The molecule has 10 nitrogen and oxygen atoms in total. The van der Waals surface area contributed by atoms with Crippen LogP contribution in [0.4, 0.5) is 10.1 Å². The summed E-state index contributed by atoms with van der Waals surface area (Å²) in [4.78, 5) is 28.7. The van der Waals surface area contributed by atoms with Crippen LogP contribution in [0, 0.1) is 5.82 Å². The molecule has 0 heterocycles. The van der Waals surface area contributed by atoms with Gasteiger partial charge in [-0.3, -0.25) is 14.3 Å². The fourth-order valence-electron chi connectivity index (χ4n) is 4.41. The van der Waals surface area contributed by atoms with Crippen molar-refractivity contribution in [1.82, 2.24) is 10.2 Å². The van der Waals surface area contributed by atoms with Crippen molar-refractivity contribution < 1.29 is 36.6 Å². The summed E-state index contributed by atoms with van der Waals surface area (Å²) in [6, 6.07) is 25.6. The molecular formula is C33H34FN3O7S. The Morgan fingerprint density at radius 1 is 0.844 bits per heavy atom. The maximum Gasteiger partial charge on any atom is 0.261 e. The molecule has 0 spiro atoms. The standard InChI is InChI=1S/C33H34FN3O7S/c1-42-21-20-35-33(39)32(25-6-4-3-5-7-25)37(22-24-8-14-28(43-2)15-9-24)31(38)23-44-29-16-18-30(19-17-29)45(40,41)36-27-12-10-26(34)11-13-27/h3-19,32,36H,20-23H2,1-2H3,(H,35,39). The highest BCUT2D eigenvalue weighted by Gasteiger charge is 2.32. The summed E-state index contributed by atoms with van der Waals surface area (Å²) in [5.41, 5.74) is 1.58. The van der Waals surface area contributed by atoms with Crippen molar-refractivity contribution in [2.75, 3.05) is 38.7 Å². The number of hydrogen-bond donors (Lipinski definition) is 2. The molecule has 2 N–H and O–H groups in total. The Morgan fingerprint density at radius 2 is 1.49 bits per heavy atom. The molecule has 4 aromatic rings. The largest absolute Gasteiger partial charge is 0.497 e. The van der Waals surface area contributed by atoms with Gasteiger partial charge in [-0.2, -0.15) is 0 Å². The lowest BCUT2D eigenvalue weighted by atomic mass is 10.0. The molecule has 0 aliphatic heterocycles. The highest BCUT2D eigenvalue weighted by Crippen LogP contribution is 2.26. The van der Waals surface area contributed by atoms with Crippen LogP contribution >= 0.6 is 0 Å². The van der Waals surface area contributed by atoms with Crippen LogP contribution in [-0.2, 0) is 30.9 Å². The molecule has 0 aliphatic carbocycles. The summed E-state index contributed by atoms with van der Waals surface area (Å²) in [7, 11) is -0.867. The monoisotopic (exact) mass is 635 g/mol. The van der Waals surface area contributed by atoms with Crippen LogP contribution in [0.3, 0.4) is 0 Å². The van der Waals surface area contributed by atoms with E-state index in [1.54, 1.807) is 43.5 Å². The second-order valence-electron chi connectivity index (χ2n) is 9.84. The van der Waals surface area contributed by atoms with E-state index in [0.29, 0.717) is 17.9 Å². The average Bonchev–Trinajstić information content (AvgIpc) is 3.05. The lowest BCUT2D eigenvalue weighted by Crippen LogP contribution is -2.45. The van der Waals surface area contributed by atoms with Gasteiger partial charge in [0.15, 0.2) is 6.61 Å². The van der Waals surface area contributed by atoms with Gasteiger partial charge in [0.1, 0.15) is 23.4 Å². The molecule has 45 heavy (non-hydrogen) atoms. The minimum absolute atomic E-state index is 0.0523. The van der Waals surface area contributed by atoms with Gasteiger partial charge in [-0.15, -0.1) is 0 Å². The molecule has 1 atom stereocenters. The molecule has 0 saturated heterocycles. The molecule has 0 aliphatic rings. The number of anilines is 1. The van der Waals surface area contributed by atoms with Gasteiger partial charge in [-0.1, -0.05) is 42.5 Å². The molecular weight excluding hydrogens is 601 g/mol. The van der Waals surface area contributed by atoms with E-state index in [4.69, 9.17) is 14.2 Å². The molecule has 0 fully saturated rings. The zero-order valence-corrected chi connectivity index (χ0v) is 25.6. The first kappa shape index (κ1) is 33.0. The van der Waals surface area contributed by atoms with E-state index in [0.717, 1.165) is 17.7 Å². The fraction of sp³-hybridized carbons (Fsp3) is 0.212. The number of carbonyl (C=O) groups is 2. The lowest BCUT2D eigenvalue weighted by molar-refractivity contribution is -0.143. The number of ether oxygens (including phenoxy) is 3. The van der Waals surface area contributed by atoms with E-state index in [2.05, 4.69) is 10.0 Å². The predicted molar refractivity (Wildman–Crippen MR) is 167 cm³/mol. The molecule has 1 unspecified atom stereocenters. The topological polar surface area (TPSA) is 123 Å². The van der Waals surface area contributed by atoms with Gasteiger partial charge >= 0.3 is 0 Å². The predicted octanol–water partition coefficient (Wildman–Crippen LogP) is 4.55. The molecule has 12 heteroatoms.